The van der Waals surface area contributed by atoms with E-state index < -0.39 is 25.2 Å². The lowest BCUT2D eigenvalue weighted by Gasteiger charge is -2.14. The van der Waals surface area contributed by atoms with Crippen molar-refractivity contribution in [3.63, 3.8) is 0 Å². The number of anilines is 1. The van der Waals surface area contributed by atoms with Crippen LogP contribution >= 0.6 is 11.8 Å². The van der Waals surface area contributed by atoms with Gasteiger partial charge in [-0.3, -0.25) is 4.79 Å². The summed E-state index contributed by atoms with van der Waals surface area (Å²) < 4.78 is 68.9. The van der Waals surface area contributed by atoms with Crippen LogP contribution in [-0.4, -0.2) is 34.0 Å². The van der Waals surface area contributed by atoms with Crippen LogP contribution in [0.1, 0.15) is 0 Å². The van der Waals surface area contributed by atoms with Crippen molar-refractivity contribution in [2.45, 2.75) is 24.5 Å². The van der Waals surface area contributed by atoms with E-state index >= 15 is 0 Å². The van der Waals surface area contributed by atoms with Gasteiger partial charge in [0.05, 0.1) is 17.6 Å². The number of imidazole rings is 1. The third-order valence-electron chi connectivity index (χ3n) is 3.92. The van der Waals surface area contributed by atoms with Gasteiger partial charge in [-0.1, -0.05) is 42.1 Å². The normalized spacial score (nSPS) is 11.5. The van der Waals surface area contributed by atoms with Crippen LogP contribution in [0.3, 0.4) is 0 Å². The molecule has 0 spiro atoms. The van der Waals surface area contributed by atoms with Gasteiger partial charge in [-0.2, -0.15) is 22.0 Å². The van der Waals surface area contributed by atoms with E-state index in [2.05, 4.69) is 15.0 Å². The van der Waals surface area contributed by atoms with E-state index in [0.717, 1.165) is 16.3 Å². The van der Waals surface area contributed by atoms with Crippen LogP contribution in [0, 0.1) is 0 Å². The molecule has 0 atom stereocenters. The first-order chi connectivity index (χ1) is 14.7. The molecule has 164 valence electrons. The molecule has 0 aliphatic carbocycles. The van der Waals surface area contributed by atoms with Crippen LogP contribution in [-0.2, 0) is 11.3 Å². The number of halogens is 5. The van der Waals surface area contributed by atoms with Crippen molar-refractivity contribution < 1.29 is 31.5 Å². The zero-order valence-electron chi connectivity index (χ0n) is 15.8. The van der Waals surface area contributed by atoms with Gasteiger partial charge in [-0.15, -0.1) is 0 Å². The van der Waals surface area contributed by atoms with Gasteiger partial charge in [0.15, 0.2) is 5.16 Å². The molecule has 0 saturated heterocycles. The number of aromatic nitrogens is 2. The third-order valence-corrected chi connectivity index (χ3v) is 4.91. The topological polar surface area (TPSA) is 56.2 Å². The molecule has 0 saturated carbocycles. The highest BCUT2D eigenvalue weighted by atomic mass is 32.2. The number of amides is 1. The smallest absolute Gasteiger partial charge is 0.406 e. The molecule has 0 radical (unpaired) electrons. The Bertz CT molecular complexity index is 1010. The van der Waals surface area contributed by atoms with Gasteiger partial charge >= 0.3 is 12.8 Å². The van der Waals surface area contributed by atoms with E-state index in [0.29, 0.717) is 11.3 Å². The van der Waals surface area contributed by atoms with Gasteiger partial charge in [-0.25, -0.2) is 4.98 Å². The van der Waals surface area contributed by atoms with Crippen molar-refractivity contribution in [3.8, 4) is 17.0 Å². The van der Waals surface area contributed by atoms with E-state index in [1.807, 2.05) is 0 Å². The second-order valence-corrected chi connectivity index (χ2v) is 7.18. The summed E-state index contributed by atoms with van der Waals surface area (Å²) in [5.74, 6) is -0.751. The molecule has 0 fully saturated rings. The molecule has 3 aromatic rings. The fraction of sp³-hybridized carbons (Fsp3) is 0.200. The summed E-state index contributed by atoms with van der Waals surface area (Å²) in [5.41, 5.74) is 1.19. The maximum absolute atomic E-state index is 13.1. The number of benzene rings is 2. The fourth-order valence-corrected chi connectivity index (χ4v) is 3.47. The largest absolute Gasteiger partial charge is 0.435 e. The first-order valence-electron chi connectivity index (χ1n) is 8.86. The molecule has 1 aromatic heterocycles. The summed E-state index contributed by atoms with van der Waals surface area (Å²) in [6.45, 7) is -4.20. The number of thioether (sulfide) groups is 1. The molecular formula is C20H16F5N3O2S. The van der Waals surface area contributed by atoms with Gasteiger partial charge in [-0.05, 0) is 29.8 Å². The molecule has 5 nitrogen and oxygen atoms in total. The van der Waals surface area contributed by atoms with Crippen LogP contribution in [0.15, 0.2) is 66.0 Å². The summed E-state index contributed by atoms with van der Waals surface area (Å²) >= 11 is 0.858. The average Bonchev–Trinajstić information content (AvgIpc) is 3.09. The fourth-order valence-electron chi connectivity index (χ4n) is 2.69. The molecule has 11 heteroatoms. The third kappa shape index (κ3) is 6.71. The Morgan fingerprint density at radius 3 is 2.39 bits per heavy atom. The Morgan fingerprint density at radius 2 is 1.77 bits per heavy atom. The maximum Gasteiger partial charge on any atom is 0.406 e. The number of nitrogens with zero attached hydrogens (tertiary/aromatic N) is 2. The van der Waals surface area contributed by atoms with Gasteiger partial charge in [0.1, 0.15) is 12.3 Å². The molecule has 1 N–H and O–H groups in total. The number of carbonyl (C=O) groups is 1. The number of ether oxygens (including phenoxy) is 1. The van der Waals surface area contributed by atoms with Crippen molar-refractivity contribution in [3.05, 3.63) is 60.8 Å². The quantitative estimate of drug-likeness (QED) is 0.361. The predicted octanol–water partition coefficient (Wildman–Crippen LogP) is 5.44. The number of alkyl halides is 5. The number of rotatable bonds is 8. The van der Waals surface area contributed by atoms with Crippen molar-refractivity contribution in [2.75, 3.05) is 11.1 Å². The van der Waals surface area contributed by atoms with E-state index in [4.69, 9.17) is 0 Å². The van der Waals surface area contributed by atoms with Crippen LogP contribution in [0.25, 0.3) is 11.3 Å². The number of nitrogens with one attached hydrogen (secondary N) is 1. The van der Waals surface area contributed by atoms with Gasteiger partial charge in [0.2, 0.25) is 5.91 Å². The molecule has 0 aliphatic heterocycles. The summed E-state index contributed by atoms with van der Waals surface area (Å²) in [6.07, 6.45) is -3.13. The maximum atomic E-state index is 13.1. The second-order valence-electron chi connectivity index (χ2n) is 6.23. The van der Waals surface area contributed by atoms with Crippen LogP contribution in [0.5, 0.6) is 5.75 Å². The monoisotopic (exact) mass is 457 g/mol. The highest BCUT2D eigenvalue weighted by Gasteiger charge is 2.31. The number of hydrogen-bond donors (Lipinski definition) is 1. The molecule has 0 unspecified atom stereocenters. The van der Waals surface area contributed by atoms with Gasteiger partial charge in [0, 0.05) is 5.69 Å². The average molecular weight is 457 g/mol. The minimum absolute atomic E-state index is 0.0482. The van der Waals surface area contributed by atoms with E-state index in [-0.39, 0.29) is 22.4 Å². The minimum atomic E-state index is -4.47. The lowest BCUT2D eigenvalue weighted by molar-refractivity contribution is -0.141. The molecule has 1 heterocycles. The number of hydrogen-bond acceptors (Lipinski definition) is 4. The van der Waals surface area contributed by atoms with Crippen LogP contribution < -0.4 is 10.1 Å². The van der Waals surface area contributed by atoms with Crippen LogP contribution in [0.2, 0.25) is 0 Å². The standard InChI is InChI=1S/C20H16F5N3O2S/c21-18(22)30-15-8-6-14(7-9-15)27-17(29)11-31-19-26-10-16(13-4-2-1-3-5-13)28(19)12-20(23,24)25/h1-10,18H,11-12H2,(H,27,29). The summed E-state index contributed by atoms with van der Waals surface area (Å²) in [7, 11) is 0. The lowest BCUT2D eigenvalue weighted by atomic mass is 10.2. The predicted molar refractivity (Wildman–Crippen MR) is 106 cm³/mol. The van der Waals surface area contributed by atoms with E-state index in [1.165, 1.54) is 30.5 Å². The molecule has 0 aliphatic rings. The van der Waals surface area contributed by atoms with E-state index in [9.17, 15) is 26.7 Å². The molecule has 1 amide bonds. The van der Waals surface area contributed by atoms with Crippen LogP contribution in [0.4, 0.5) is 27.6 Å². The molecular weight excluding hydrogens is 441 g/mol. The van der Waals surface area contributed by atoms with Crippen molar-refractivity contribution in [1.29, 1.82) is 0 Å². The van der Waals surface area contributed by atoms with Gasteiger partial charge < -0.3 is 14.6 Å². The Hall–Kier alpha value is -3.08. The van der Waals surface area contributed by atoms with Crippen molar-refractivity contribution in [1.82, 2.24) is 9.55 Å². The Balaban J connectivity index is 1.68. The highest BCUT2D eigenvalue weighted by Crippen LogP contribution is 2.30. The summed E-state index contributed by atoms with van der Waals surface area (Å²) in [6, 6.07) is 13.8. The zero-order chi connectivity index (χ0) is 22.4. The van der Waals surface area contributed by atoms with Gasteiger partial charge in [0.25, 0.3) is 0 Å². The molecule has 31 heavy (non-hydrogen) atoms. The Labute approximate surface area is 178 Å². The van der Waals surface area contributed by atoms with E-state index in [1.54, 1.807) is 30.3 Å². The zero-order valence-corrected chi connectivity index (χ0v) is 16.6. The first kappa shape index (κ1) is 22.6. The molecule has 3 rings (SSSR count). The second kappa shape index (κ2) is 9.82. The Morgan fingerprint density at radius 1 is 1.10 bits per heavy atom. The SMILES string of the molecule is O=C(CSc1ncc(-c2ccccc2)n1CC(F)(F)F)Nc1ccc(OC(F)F)cc1. The van der Waals surface area contributed by atoms with Crippen molar-refractivity contribution >= 4 is 23.4 Å². The molecule has 2 aromatic carbocycles. The lowest BCUT2D eigenvalue weighted by Crippen LogP contribution is -2.20. The first-order valence-corrected chi connectivity index (χ1v) is 9.85. The Kier molecular flexibility index (Phi) is 7.16. The summed E-state index contributed by atoms with van der Waals surface area (Å²) in [5, 5.41) is 2.58. The number of carbonyl (C=O) groups excluding carboxylic acids is 1. The minimum Gasteiger partial charge on any atom is -0.435 e. The summed E-state index contributed by atoms with van der Waals surface area (Å²) in [4.78, 5) is 16.2. The highest BCUT2D eigenvalue weighted by molar-refractivity contribution is 7.99. The van der Waals surface area contributed by atoms with Crippen molar-refractivity contribution in [2.24, 2.45) is 0 Å². The molecule has 0 bridgehead atoms.